The third-order valence-corrected chi connectivity index (χ3v) is 0.639. The largest absolute Gasteiger partial charge is 0.328 e. The summed E-state index contributed by atoms with van der Waals surface area (Å²) < 4.78 is 0. The van der Waals surface area contributed by atoms with Gasteiger partial charge < -0.3 is 5.32 Å². The predicted octanol–water partition coefficient (Wildman–Crippen LogP) is -0.428. The van der Waals surface area contributed by atoms with Gasteiger partial charge in [0.1, 0.15) is 0 Å². The van der Waals surface area contributed by atoms with Gasteiger partial charge in [-0.05, 0) is 0 Å². The highest BCUT2D eigenvalue weighted by Crippen LogP contribution is 1.79. The van der Waals surface area contributed by atoms with Crippen molar-refractivity contribution in [2.75, 3.05) is 0 Å². The summed E-state index contributed by atoms with van der Waals surface area (Å²) in [5.74, 6) is 0.0694. The van der Waals surface area contributed by atoms with Crippen LogP contribution in [0.3, 0.4) is 0 Å². The molecule has 0 amide bonds. The monoisotopic (exact) mass is 96.0 g/mol. The second-order valence-electron chi connectivity index (χ2n) is 1.13. The summed E-state index contributed by atoms with van der Waals surface area (Å²) in [5, 5.41) is 16.0. The normalized spacial score (nSPS) is 17.7. The Morgan fingerprint density at radius 2 is 2.29 bits per heavy atom. The van der Waals surface area contributed by atoms with Crippen LogP contribution in [0.2, 0.25) is 0 Å². The first kappa shape index (κ1) is 3.98. The summed E-state index contributed by atoms with van der Waals surface area (Å²) in [5.41, 5.74) is 0. The summed E-state index contributed by atoms with van der Waals surface area (Å²) in [6.45, 7) is 0. The topological polar surface area (TPSA) is 72.1 Å². The molecule has 0 aliphatic carbocycles. The lowest BCUT2D eigenvalue weighted by molar-refractivity contribution is 1.37. The van der Waals surface area contributed by atoms with Crippen molar-refractivity contribution in [1.29, 1.82) is 10.8 Å². The predicted molar refractivity (Wildman–Crippen MR) is 27.1 cm³/mol. The molecule has 36 valence electrons. The Hall–Kier alpha value is -1.19. The van der Waals surface area contributed by atoms with Crippen molar-refractivity contribution in [3.63, 3.8) is 0 Å². The number of hydrogen-bond acceptors (Lipinski definition) is 2. The first-order valence-corrected chi connectivity index (χ1v) is 1.77. The molecule has 3 N–H and O–H groups in total. The minimum absolute atomic E-state index is 0.000000000000000222. The molecule has 0 bridgehead atoms. The maximum absolute atomic E-state index is 6.79. The van der Waals surface area contributed by atoms with Crippen molar-refractivity contribution >= 4 is 18.0 Å². The number of nitrogens with zero attached hydrogens (tertiary/aromatic N) is 1. The Bertz CT molecular complexity index is 145. The van der Waals surface area contributed by atoms with Crippen LogP contribution in [0.1, 0.15) is 0 Å². The zero-order valence-electron chi connectivity index (χ0n) is 3.52. The van der Waals surface area contributed by atoms with Crippen LogP contribution < -0.4 is 5.32 Å². The Morgan fingerprint density at radius 1 is 1.57 bits per heavy atom. The zero-order valence-corrected chi connectivity index (χ0v) is 3.52. The molecule has 4 nitrogen and oxygen atoms in total. The van der Waals surface area contributed by atoms with Gasteiger partial charge in [0.15, 0.2) is 11.7 Å². The molecule has 0 aromatic carbocycles. The van der Waals surface area contributed by atoms with Crippen molar-refractivity contribution in [3.8, 4) is 0 Å². The van der Waals surface area contributed by atoms with Crippen LogP contribution in [0.25, 0.3) is 0 Å². The average Bonchev–Trinajstić information content (AvgIpc) is 1.91. The van der Waals surface area contributed by atoms with Crippen LogP contribution in [0.4, 0.5) is 0 Å². The molecule has 0 saturated heterocycles. The molecule has 0 fully saturated rings. The Labute approximate surface area is 40.3 Å². The third-order valence-electron chi connectivity index (χ3n) is 0.639. The van der Waals surface area contributed by atoms with Crippen LogP contribution in [0.5, 0.6) is 0 Å². The van der Waals surface area contributed by atoms with Gasteiger partial charge in [0.05, 0.1) is 6.34 Å². The Kier molecular flexibility index (Phi) is 0.651. The second-order valence-corrected chi connectivity index (χ2v) is 1.13. The van der Waals surface area contributed by atoms with Gasteiger partial charge in [-0.3, -0.25) is 10.8 Å². The molecule has 1 aliphatic rings. The number of rotatable bonds is 0. The molecule has 0 unspecified atom stereocenters. The molecule has 0 aromatic heterocycles. The number of aliphatic imine (C=N–C) groups is 1. The van der Waals surface area contributed by atoms with Crippen molar-refractivity contribution in [2.45, 2.75) is 0 Å². The van der Waals surface area contributed by atoms with Crippen LogP contribution in [0, 0.1) is 10.8 Å². The first-order chi connectivity index (χ1) is 3.30. The molecule has 0 saturated carbocycles. The molecule has 1 heterocycles. The van der Waals surface area contributed by atoms with E-state index in [1.165, 1.54) is 6.34 Å². The highest BCUT2D eigenvalue weighted by atomic mass is 15.1. The Morgan fingerprint density at radius 3 is 2.43 bits per heavy atom. The van der Waals surface area contributed by atoms with Crippen LogP contribution in [-0.2, 0) is 0 Å². The van der Waals surface area contributed by atoms with Crippen molar-refractivity contribution in [2.24, 2.45) is 4.99 Å². The average molecular weight is 96.1 g/mol. The highest BCUT2D eigenvalue weighted by Gasteiger charge is 2.04. The molecule has 1 rings (SSSR count). The van der Waals surface area contributed by atoms with Crippen LogP contribution >= 0.6 is 0 Å². The van der Waals surface area contributed by atoms with Gasteiger partial charge in [-0.1, -0.05) is 0 Å². The smallest absolute Gasteiger partial charge is 0.189 e. The highest BCUT2D eigenvalue weighted by molar-refractivity contribution is 6.44. The third kappa shape index (κ3) is 0.489. The van der Waals surface area contributed by atoms with Crippen LogP contribution in [-0.4, -0.2) is 18.0 Å². The second kappa shape index (κ2) is 1.14. The van der Waals surface area contributed by atoms with E-state index in [-0.39, 0.29) is 11.7 Å². The number of amidine groups is 2. The minimum Gasteiger partial charge on any atom is -0.328 e. The first-order valence-electron chi connectivity index (χ1n) is 1.77. The summed E-state index contributed by atoms with van der Waals surface area (Å²) in [6, 6.07) is 0. The lowest BCUT2D eigenvalue weighted by Crippen LogP contribution is -2.18. The fourth-order valence-electron chi connectivity index (χ4n) is 0.294. The molecule has 0 radical (unpaired) electrons. The van der Waals surface area contributed by atoms with E-state index in [9.17, 15) is 0 Å². The molecule has 4 heteroatoms. The Balaban J connectivity index is 2.81. The van der Waals surface area contributed by atoms with Gasteiger partial charge >= 0.3 is 0 Å². The fourth-order valence-corrected chi connectivity index (χ4v) is 0.294. The lowest BCUT2D eigenvalue weighted by Gasteiger charge is -1.83. The minimum atomic E-state index is 0.000000000000000222. The van der Waals surface area contributed by atoms with E-state index < -0.39 is 0 Å². The fraction of sp³-hybridized carbons (Fsp3) is 0. The SMILES string of the molecule is N=C1N=CNC1=N. The maximum atomic E-state index is 6.79. The van der Waals surface area contributed by atoms with E-state index in [2.05, 4.69) is 10.3 Å². The summed E-state index contributed by atoms with van der Waals surface area (Å²) >= 11 is 0. The summed E-state index contributed by atoms with van der Waals surface area (Å²) in [7, 11) is 0. The number of nitrogens with one attached hydrogen (secondary N) is 3. The van der Waals surface area contributed by atoms with Gasteiger partial charge in [-0.25, -0.2) is 4.99 Å². The summed E-state index contributed by atoms with van der Waals surface area (Å²) in [4.78, 5) is 3.44. The summed E-state index contributed by atoms with van der Waals surface area (Å²) in [6.07, 6.45) is 1.32. The van der Waals surface area contributed by atoms with Crippen molar-refractivity contribution in [1.82, 2.24) is 5.32 Å². The van der Waals surface area contributed by atoms with Gasteiger partial charge in [-0.2, -0.15) is 0 Å². The maximum Gasteiger partial charge on any atom is 0.189 e. The molecular weight excluding hydrogens is 92.1 g/mol. The van der Waals surface area contributed by atoms with E-state index in [1.807, 2.05) is 0 Å². The zero-order chi connectivity index (χ0) is 5.28. The number of hydrogen-bond donors (Lipinski definition) is 3. The van der Waals surface area contributed by atoms with E-state index >= 15 is 0 Å². The molecule has 1 aliphatic heterocycles. The van der Waals surface area contributed by atoms with Crippen LogP contribution in [0.15, 0.2) is 4.99 Å². The molecular formula is C3H4N4. The van der Waals surface area contributed by atoms with E-state index in [1.54, 1.807) is 0 Å². The molecule has 0 aromatic rings. The molecule has 7 heavy (non-hydrogen) atoms. The van der Waals surface area contributed by atoms with Gasteiger partial charge in [0, 0.05) is 0 Å². The standard InChI is InChI=1S/C3H4N4/c4-2-3(5)7-1-6-2/h1H,(H3,4,5,6,7). The van der Waals surface area contributed by atoms with Crippen molar-refractivity contribution in [3.05, 3.63) is 0 Å². The van der Waals surface area contributed by atoms with E-state index in [0.717, 1.165) is 0 Å². The van der Waals surface area contributed by atoms with Gasteiger partial charge in [-0.15, -0.1) is 0 Å². The van der Waals surface area contributed by atoms with Gasteiger partial charge in [0.2, 0.25) is 0 Å². The van der Waals surface area contributed by atoms with Crippen molar-refractivity contribution < 1.29 is 0 Å². The molecule has 0 spiro atoms. The lowest BCUT2D eigenvalue weighted by atomic mass is 10.6. The van der Waals surface area contributed by atoms with E-state index in [0.29, 0.717) is 0 Å². The van der Waals surface area contributed by atoms with E-state index in [4.69, 9.17) is 10.8 Å². The quantitative estimate of drug-likeness (QED) is 0.376. The van der Waals surface area contributed by atoms with Gasteiger partial charge in [0.25, 0.3) is 0 Å². The molecule has 0 atom stereocenters.